The van der Waals surface area contributed by atoms with Gasteiger partial charge in [-0.2, -0.15) is 0 Å². The van der Waals surface area contributed by atoms with Crippen molar-refractivity contribution in [2.45, 2.75) is 12.8 Å². The van der Waals surface area contributed by atoms with Crippen LogP contribution >= 0.6 is 0 Å². The highest BCUT2D eigenvalue weighted by atomic mass is 19.1. The van der Waals surface area contributed by atoms with Crippen LogP contribution in [0.15, 0.2) is 30.3 Å². The first-order valence-electron chi connectivity index (χ1n) is 7.85. The molecule has 1 saturated heterocycles. The van der Waals surface area contributed by atoms with Gasteiger partial charge in [-0.15, -0.1) is 0 Å². The maximum absolute atomic E-state index is 13.0. The second-order valence-electron chi connectivity index (χ2n) is 5.79. The highest BCUT2D eigenvalue weighted by Crippen LogP contribution is 2.22. The van der Waals surface area contributed by atoms with E-state index < -0.39 is 6.03 Å². The lowest BCUT2D eigenvalue weighted by molar-refractivity contribution is -0.138. The van der Waals surface area contributed by atoms with Crippen molar-refractivity contribution < 1.29 is 18.8 Å². The minimum atomic E-state index is -0.515. The summed E-state index contributed by atoms with van der Waals surface area (Å²) >= 11 is 0. The van der Waals surface area contributed by atoms with Crippen LogP contribution in [0.5, 0.6) is 0 Å². The van der Waals surface area contributed by atoms with Gasteiger partial charge in [0, 0.05) is 26.1 Å². The number of carbonyl (C=O) groups excluding carboxylic acids is 3. The van der Waals surface area contributed by atoms with Crippen LogP contribution in [0.25, 0.3) is 5.57 Å². The minimum absolute atomic E-state index is 0.216. The first kappa shape index (κ1) is 16.2. The molecule has 4 amide bonds. The topological polar surface area (TPSA) is 69.7 Å². The standard InChI is InChI=1S/C17H18FN3O3/c18-14-3-1-12(2-4-14)13-6-9-20(10-7-13)16(23)11-21-15(22)5-8-19-17(21)24/h1-4,6H,5,7-11H2,(H,19,24). The van der Waals surface area contributed by atoms with Gasteiger partial charge in [-0.25, -0.2) is 9.18 Å². The molecule has 1 aromatic rings. The van der Waals surface area contributed by atoms with Gasteiger partial charge in [0.1, 0.15) is 12.4 Å². The SMILES string of the molecule is O=C(CN1C(=O)CCNC1=O)N1CC=C(c2ccc(F)cc2)CC1. The van der Waals surface area contributed by atoms with Gasteiger partial charge in [0.15, 0.2) is 0 Å². The predicted octanol–water partition coefficient (Wildman–Crippen LogP) is 1.38. The van der Waals surface area contributed by atoms with Crippen LogP contribution in [0, 0.1) is 5.82 Å². The van der Waals surface area contributed by atoms with Crippen molar-refractivity contribution >= 4 is 23.4 Å². The zero-order chi connectivity index (χ0) is 17.1. The second-order valence-corrected chi connectivity index (χ2v) is 5.79. The van der Waals surface area contributed by atoms with Crippen LogP contribution in [0.1, 0.15) is 18.4 Å². The molecule has 7 heteroatoms. The fraction of sp³-hybridized carbons (Fsp3) is 0.353. The molecule has 2 aliphatic rings. The van der Waals surface area contributed by atoms with Gasteiger partial charge in [0.25, 0.3) is 0 Å². The predicted molar refractivity (Wildman–Crippen MR) is 85.3 cm³/mol. The summed E-state index contributed by atoms with van der Waals surface area (Å²) in [5.41, 5.74) is 2.00. The third kappa shape index (κ3) is 3.45. The molecular weight excluding hydrogens is 313 g/mol. The van der Waals surface area contributed by atoms with E-state index in [0.29, 0.717) is 26.1 Å². The van der Waals surface area contributed by atoms with Gasteiger partial charge in [-0.1, -0.05) is 18.2 Å². The molecule has 126 valence electrons. The van der Waals surface area contributed by atoms with E-state index >= 15 is 0 Å². The van der Waals surface area contributed by atoms with Crippen molar-refractivity contribution in [3.05, 3.63) is 41.7 Å². The van der Waals surface area contributed by atoms with Gasteiger partial charge in [-0.05, 0) is 29.7 Å². The average molecular weight is 331 g/mol. The number of imide groups is 1. The van der Waals surface area contributed by atoms with Gasteiger partial charge < -0.3 is 10.2 Å². The first-order valence-corrected chi connectivity index (χ1v) is 7.85. The fourth-order valence-corrected chi connectivity index (χ4v) is 2.84. The van der Waals surface area contributed by atoms with Crippen molar-refractivity contribution in [2.75, 3.05) is 26.2 Å². The molecule has 0 bridgehead atoms. The fourth-order valence-electron chi connectivity index (χ4n) is 2.84. The number of nitrogens with zero attached hydrogens (tertiary/aromatic N) is 2. The van der Waals surface area contributed by atoms with Crippen molar-refractivity contribution in [1.29, 1.82) is 0 Å². The maximum atomic E-state index is 13.0. The van der Waals surface area contributed by atoms with Crippen LogP contribution in [-0.2, 0) is 9.59 Å². The molecule has 1 aromatic carbocycles. The summed E-state index contributed by atoms with van der Waals surface area (Å²) < 4.78 is 13.0. The van der Waals surface area contributed by atoms with E-state index in [1.54, 1.807) is 17.0 Å². The number of benzene rings is 1. The van der Waals surface area contributed by atoms with Gasteiger partial charge >= 0.3 is 6.03 Å². The van der Waals surface area contributed by atoms with E-state index in [-0.39, 0.29) is 30.6 Å². The zero-order valence-corrected chi connectivity index (χ0v) is 13.1. The monoisotopic (exact) mass is 331 g/mol. The summed E-state index contributed by atoms with van der Waals surface area (Å²) in [5.74, 6) is -0.863. The molecule has 1 fully saturated rings. The van der Waals surface area contributed by atoms with E-state index in [0.717, 1.165) is 16.0 Å². The molecule has 3 rings (SSSR count). The number of rotatable bonds is 3. The first-order chi connectivity index (χ1) is 11.5. The molecule has 6 nitrogen and oxygen atoms in total. The van der Waals surface area contributed by atoms with Gasteiger partial charge in [0.2, 0.25) is 11.8 Å². The summed E-state index contributed by atoms with van der Waals surface area (Å²) in [5, 5.41) is 2.56. The molecule has 1 N–H and O–H groups in total. The number of hydrogen-bond acceptors (Lipinski definition) is 3. The molecule has 2 aliphatic heterocycles. The van der Waals surface area contributed by atoms with Crippen LogP contribution < -0.4 is 5.32 Å². The number of hydrogen-bond donors (Lipinski definition) is 1. The van der Waals surface area contributed by atoms with Gasteiger partial charge in [0.05, 0.1) is 0 Å². The van der Waals surface area contributed by atoms with Crippen molar-refractivity contribution in [2.24, 2.45) is 0 Å². The molecule has 0 saturated carbocycles. The summed E-state index contributed by atoms with van der Waals surface area (Å²) in [6, 6.07) is 5.74. The third-order valence-electron chi connectivity index (χ3n) is 4.23. The summed E-state index contributed by atoms with van der Waals surface area (Å²) in [6.07, 6.45) is 2.79. The molecule has 2 heterocycles. The zero-order valence-electron chi connectivity index (χ0n) is 13.1. The Labute approximate surface area is 138 Å². The Morgan fingerprint density at radius 1 is 1.17 bits per heavy atom. The lowest BCUT2D eigenvalue weighted by Crippen LogP contribution is -2.53. The number of amides is 4. The molecule has 0 radical (unpaired) electrons. The number of carbonyl (C=O) groups is 3. The summed E-state index contributed by atoms with van der Waals surface area (Å²) in [7, 11) is 0. The largest absolute Gasteiger partial charge is 0.337 e. The lowest BCUT2D eigenvalue weighted by atomic mass is 9.99. The number of nitrogens with one attached hydrogen (secondary N) is 1. The Hall–Kier alpha value is -2.70. The maximum Gasteiger partial charge on any atom is 0.324 e. The average Bonchev–Trinajstić information content (AvgIpc) is 2.59. The number of urea groups is 1. The van der Waals surface area contributed by atoms with Crippen LogP contribution in [0.3, 0.4) is 0 Å². The molecule has 0 spiro atoms. The van der Waals surface area contributed by atoms with Crippen LogP contribution in [0.4, 0.5) is 9.18 Å². The van der Waals surface area contributed by atoms with Crippen molar-refractivity contribution in [3.63, 3.8) is 0 Å². The Kier molecular flexibility index (Phi) is 4.59. The minimum Gasteiger partial charge on any atom is -0.337 e. The molecule has 0 atom stereocenters. The third-order valence-corrected chi connectivity index (χ3v) is 4.23. The molecule has 0 aliphatic carbocycles. The van der Waals surface area contributed by atoms with E-state index in [4.69, 9.17) is 0 Å². The summed E-state index contributed by atoms with van der Waals surface area (Å²) in [4.78, 5) is 38.3. The summed E-state index contributed by atoms with van der Waals surface area (Å²) in [6.45, 7) is 1.00. The second kappa shape index (κ2) is 6.82. The molecule has 0 aromatic heterocycles. The van der Waals surface area contributed by atoms with E-state index in [2.05, 4.69) is 5.32 Å². The molecule has 24 heavy (non-hydrogen) atoms. The highest BCUT2D eigenvalue weighted by Gasteiger charge is 2.29. The smallest absolute Gasteiger partial charge is 0.324 e. The van der Waals surface area contributed by atoms with E-state index in [1.165, 1.54) is 12.1 Å². The van der Waals surface area contributed by atoms with E-state index in [9.17, 15) is 18.8 Å². The van der Waals surface area contributed by atoms with E-state index in [1.807, 2.05) is 6.08 Å². The number of halogens is 1. The van der Waals surface area contributed by atoms with Crippen molar-refractivity contribution in [3.8, 4) is 0 Å². The normalized spacial score (nSPS) is 18.3. The quantitative estimate of drug-likeness (QED) is 0.910. The Morgan fingerprint density at radius 2 is 1.92 bits per heavy atom. The molecular formula is C17H18FN3O3. The Balaban J connectivity index is 1.61. The Bertz CT molecular complexity index is 684. The lowest BCUT2D eigenvalue weighted by Gasteiger charge is -2.30. The molecule has 0 unspecified atom stereocenters. The van der Waals surface area contributed by atoms with Crippen LogP contribution in [-0.4, -0.2) is 53.8 Å². The van der Waals surface area contributed by atoms with Crippen molar-refractivity contribution in [1.82, 2.24) is 15.1 Å². The highest BCUT2D eigenvalue weighted by molar-refractivity contribution is 6.00. The van der Waals surface area contributed by atoms with Crippen LogP contribution in [0.2, 0.25) is 0 Å². The Morgan fingerprint density at radius 3 is 2.54 bits per heavy atom. The van der Waals surface area contributed by atoms with Gasteiger partial charge in [-0.3, -0.25) is 14.5 Å².